The van der Waals surface area contributed by atoms with Crippen molar-refractivity contribution in [2.75, 3.05) is 45.8 Å². The van der Waals surface area contributed by atoms with Gasteiger partial charge in [0.15, 0.2) is 12.1 Å². The molecule has 3 N–H and O–H groups in total. The summed E-state index contributed by atoms with van der Waals surface area (Å²) in [5.74, 6) is 0.666. The number of hydrogen-bond acceptors (Lipinski definition) is 8. The van der Waals surface area contributed by atoms with Gasteiger partial charge in [0, 0.05) is 62.6 Å². The van der Waals surface area contributed by atoms with Crippen LogP contribution in [-0.4, -0.2) is 77.7 Å². The number of nitrogens with one attached hydrogen (secondary N) is 1. The number of unbranched alkanes of at least 4 members (excludes halogenated alkanes) is 3. The summed E-state index contributed by atoms with van der Waals surface area (Å²) in [6, 6.07) is 8.01. The number of methoxy groups -OCH3 is 2. The van der Waals surface area contributed by atoms with Crippen molar-refractivity contribution in [3.8, 4) is 11.4 Å². The highest BCUT2D eigenvalue weighted by molar-refractivity contribution is 5.64. The average molecular weight is 459 g/mol. The molecule has 0 aliphatic carbocycles. The Bertz CT molecular complexity index is 819. The van der Waals surface area contributed by atoms with E-state index in [2.05, 4.69) is 26.3 Å². The molecule has 1 saturated heterocycles. The molecule has 0 spiro atoms. The predicted octanol–water partition coefficient (Wildman–Crippen LogP) is 3.22. The van der Waals surface area contributed by atoms with Crippen LogP contribution >= 0.6 is 0 Å². The maximum Gasteiger partial charge on any atom is 0.183 e. The van der Waals surface area contributed by atoms with Crippen LogP contribution in [0.15, 0.2) is 36.7 Å². The van der Waals surface area contributed by atoms with Crippen molar-refractivity contribution in [1.29, 1.82) is 0 Å². The Kier molecular flexibility index (Phi) is 10.5. The van der Waals surface area contributed by atoms with Crippen molar-refractivity contribution < 1.29 is 19.7 Å². The number of rotatable bonds is 13. The molecule has 2 aromatic rings. The SMILES string of the molecule is COC(OC)c1cc(NCCCCCCN2CCC(O)CC2CO)cc(-c2ncccn2)c1. The summed E-state index contributed by atoms with van der Waals surface area (Å²) >= 11 is 0. The number of hydrogen-bond donors (Lipinski definition) is 3. The fourth-order valence-corrected chi connectivity index (χ4v) is 4.42. The Morgan fingerprint density at radius 2 is 1.85 bits per heavy atom. The van der Waals surface area contributed by atoms with Crippen molar-refractivity contribution in [2.24, 2.45) is 0 Å². The number of aliphatic hydroxyl groups is 2. The lowest BCUT2D eigenvalue weighted by Gasteiger charge is -2.36. The number of likely N-dealkylation sites (tertiary alicyclic amines) is 1. The van der Waals surface area contributed by atoms with E-state index in [1.165, 1.54) is 0 Å². The molecule has 0 radical (unpaired) electrons. The second-order valence-corrected chi connectivity index (χ2v) is 8.61. The third-order valence-electron chi connectivity index (χ3n) is 6.20. The molecule has 1 aromatic carbocycles. The molecule has 1 fully saturated rings. The molecule has 3 rings (SSSR count). The largest absolute Gasteiger partial charge is 0.395 e. The molecule has 2 unspecified atom stereocenters. The summed E-state index contributed by atoms with van der Waals surface area (Å²) in [6.45, 7) is 2.87. The smallest absolute Gasteiger partial charge is 0.183 e. The van der Waals surface area contributed by atoms with Crippen LogP contribution in [0.1, 0.15) is 50.4 Å². The van der Waals surface area contributed by atoms with Crippen molar-refractivity contribution >= 4 is 5.69 Å². The quantitative estimate of drug-likeness (QED) is 0.311. The Labute approximate surface area is 197 Å². The van der Waals surface area contributed by atoms with Gasteiger partial charge in [-0.1, -0.05) is 12.8 Å². The topological polar surface area (TPSA) is 100.0 Å². The van der Waals surface area contributed by atoms with Crippen molar-refractivity contribution in [1.82, 2.24) is 14.9 Å². The Hall–Kier alpha value is -2.10. The van der Waals surface area contributed by atoms with Crippen LogP contribution in [0.5, 0.6) is 0 Å². The third kappa shape index (κ3) is 7.72. The van der Waals surface area contributed by atoms with Crippen LogP contribution in [-0.2, 0) is 9.47 Å². The second-order valence-electron chi connectivity index (χ2n) is 8.61. The van der Waals surface area contributed by atoms with E-state index < -0.39 is 6.29 Å². The average Bonchev–Trinajstić information content (AvgIpc) is 2.85. The maximum atomic E-state index is 9.78. The van der Waals surface area contributed by atoms with Crippen molar-refractivity contribution in [3.05, 3.63) is 42.2 Å². The summed E-state index contributed by atoms with van der Waals surface area (Å²) in [4.78, 5) is 11.1. The molecule has 0 amide bonds. The zero-order valence-electron chi connectivity index (χ0n) is 19.8. The summed E-state index contributed by atoms with van der Waals surface area (Å²) < 4.78 is 10.9. The van der Waals surface area contributed by atoms with E-state index in [0.29, 0.717) is 12.2 Å². The minimum Gasteiger partial charge on any atom is -0.395 e. The third-order valence-corrected chi connectivity index (χ3v) is 6.20. The predicted molar refractivity (Wildman–Crippen MR) is 129 cm³/mol. The molecule has 33 heavy (non-hydrogen) atoms. The Balaban J connectivity index is 1.47. The van der Waals surface area contributed by atoms with E-state index in [4.69, 9.17) is 9.47 Å². The van der Waals surface area contributed by atoms with Crippen molar-refractivity contribution in [2.45, 2.75) is 57.0 Å². The highest BCUT2D eigenvalue weighted by atomic mass is 16.7. The molecule has 0 saturated carbocycles. The molecule has 2 heterocycles. The van der Waals surface area contributed by atoms with E-state index >= 15 is 0 Å². The summed E-state index contributed by atoms with van der Waals surface area (Å²) in [7, 11) is 3.25. The molecule has 8 nitrogen and oxygen atoms in total. The van der Waals surface area contributed by atoms with Gasteiger partial charge in [0.25, 0.3) is 0 Å². The minimum atomic E-state index is -0.451. The first-order chi connectivity index (χ1) is 16.1. The van der Waals surface area contributed by atoms with Crippen LogP contribution in [0.3, 0.4) is 0 Å². The molecule has 1 aliphatic rings. The van der Waals surface area contributed by atoms with Gasteiger partial charge in [0.05, 0.1) is 12.7 Å². The molecular formula is C25H38N4O4. The van der Waals surface area contributed by atoms with Gasteiger partial charge in [-0.25, -0.2) is 9.97 Å². The monoisotopic (exact) mass is 458 g/mol. The maximum absolute atomic E-state index is 9.78. The van der Waals surface area contributed by atoms with E-state index in [0.717, 1.165) is 68.6 Å². The van der Waals surface area contributed by atoms with Gasteiger partial charge in [-0.05, 0) is 56.5 Å². The van der Waals surface area contributed by atoms with Crippen LogP contribution in [0.2, 0.25) is 0 Å². The normalized spacial score (nSPS) is 19.2. The lowest BCUT2D eigenvalue weighted by molar-refractivity contribution is -0.105. The van der Waals surface area contributed by atoms with Gasteiger partial charge in [0.2, 0.25) is 0 Å². The molecule has 2 atom stereocenters. The Morgan fingerprint density at radius 1 is 1.09 bits per heavy atom. The lowest BCUT2D eigenvalue weighted by atomic mass is 9.99. The first-order valence-corrected chi connectivity index (χ1v) is 11.9. The van der Waals surface area contributed by atoms with Gasteiger partial charge >= 0.3 is 0 Å². The summed E-state index contributed by atoms with van der Waals surface area (Å²) in [5.41, 5.74) is 2.82. The van der Waals surface area contributed by atoms with E-state index in [1.807, 2.05) is 12.1 Å². The number of benzene rings is 1. The van der Waals surface area contributed by atoms with Gasteiger partial charge in [-0.2, -0.15) is 0 Å². The lowest BCUT2D eigenvalue weighted by Crippen LogP contribution is -2.46. The number of anilines is 1. The van der Waals surface area contributed by atoms with Crippen LogP contribution in [0.25, 0.3) is 11.4 Å². The molecule has 0 bridgehead atoms. The van der Waals surface area contributed by atoms with Crippen LogP contribution in [0, 0.1) is 0 Å². The first kappa shape index (κ1) is 25.5. The Morgan fingerprint density at radius 3 is 2.58 bits per heavy atom. The summed E-state index contributed by atoms with van der Waals surface area (Å²) in [6.07, 6.45) is 8.72. The summed E-state index contributed by atoms with van der Waals surface area (Å²) in [5, 5.41) is 22.9. The fourth-order valence-electron chi connectivity index (χ4n) is 4.42. The first-order valence-electron chi connectivity index (χ1n) is 11.9. The molecule has 8 heteroatoms. The second kappa shape index (κ2) is 13.6. The number of aromatic nitrogens is 2. The number of ether oxygens (including phenoxy) is 2. The number of aliphatic hydroxyl groups excluding tert-OH is 2. The van der Waals surface area contributed by atoms with Gasteiger partial charge in [-0.15, -0.1) is 0 Å². The molecular weight excluding hydrogens is 420 g/mol. The van der Waals surface area contributed by atoms with Gasteiger partial charge in [0.1, 0.15) is 0 Å². The van der Waals surface area contributed by atoms with E-state index in [-0.39, 0.29) is 18.8 Å². The van der Waals surface area contributed by atoms with Crippen molar-refractivity contribution in [3.63, 3.8) is 0 Å². The zero-order valence-corrected chi connectivity index (χ0v) is 19.8. The number of nitrogens with zero attached hydrogens (tertiary/aromatic N) is 3. The standard InChI is InChI=1S/C25H38N4O4/c1-32-25(33-2)20-14-19(24-27-10-7-11-28-24)15-21(16-20)26-9-5-3-4-6-12-29-13-8-23(31)17-22(29)18-30/h7,10-11,14-16,22-23,25-26,30-31H,3-6,8-9,12-13,17-18H2,1-2H3. The minimum absolute atomic E-state index is 0.105. The molecule has 1 aliphatic heterocycles. The fraction of sp³-hybridized carbons (Fsp3) is 0.600. The highest BCUT2D eigenvalue weighted by Crippen LogP contribution is 2.27. The number of piperidine rings is 1. The van der Waals surface area contributed by atoms with Crippen LogP contribution in [0.4, 0.5) is 5.69 Å². The van der Waals surface area contributed by atoms with Gasteiger partial charge in [-0.3, -0.25) is 4.90 Å². The highest BCUT2D eigenvalue weighted by Gasteiger charge is 2.26. The van der Waals surface area contributed by atoms with E-state index in [9.17, 15) is 10.2 Å². The zero-order chi connectivity index (χ0) is 23.5. The van der Waals surface area contributed by atoms with Gasteiger partial charge < -0.3 is 25.0 Å². The van der Waals surface area contributed by atoms with E-state index in [1.54, 1.807) is 32.7 Å². The molecule has 1 aromatic heterocycles. The van der Waals surface area contributed by atoms with Crippen LogP contribution < -0.4 is 5.32 Å². The molecule has 182 valence electrons.